The van der Waals surface area contributed by atoms with E-state index in [2.05, 4.69) is 199 Å². The molecule has 3 heterocycles. The number of benzene rings is 9. The van der Waals surface area contributed by atoms with Crippen molar-refractivity contribution in [3.63, 3.8) is 0 Å². The number of hydrogen-bond donors (Lipinski definition) is 0. The van der Waals surface area contributed by atoms with E-state index in [1.54, 1.807) is 0 Å². The van der Waals surface area contributed by atoms with Gasteiger partial charge in [-0.1, -0.05) is 176 Å². The van der Waals surface area contributed by atoms with Crippen LogP contribution in [0, 0.1) is 0 Å². The summed E-state index contributed by atoms with van der Waals surface area (Å²) < 4.78 is 9.18. The van der Waals surface area contributed by atoms with Crippen LogP contribution in [-0.2, 0) is 0 Å². The Morgan fingerprint density at radius 1 is 0.306 bits per heavy atom. The van der Waals surface area contributed by atoms with E-state index < -0.39 is 0 Å². The van der Waals surface area contributed by atoms with E-state index >= 15 is 0 Å². The van der Waals surface area contributed by atoms with Crippen LogP contribution in [0.5, 0.6) is 0 Å². The first-order chi connectivity index (χ1) is 30.7. The average molecular weight is 793 g/mol. The zero-order valence-corrected chi connectivity index (χ0v) is 33.5. The van der Waals surface area contributed by atoms with Crippen LogP contribution in [0.25, 0.3) is 117 Å². The van der Waals surface area contributed by atoms with Crippen molar-refractivity contribution < 1.29 is 4.42 Å². The third-order valence-electron chi connectivity index (χ3n) is 11.9. The Morgan fingerprint density at radius 2 is 0.726 bits per heavy atom. The molecule has 62 heavy (non-hydrogen) atoms. The molecule has 12 rings (SSSR count). The minimum Gasteiger partial charge on any atom is -0.454 e. The molecule has 5 heteroatoms. The second kappa shape index (κ2) is 14.7. The lowest BCUT2D eigenvalue weighted by Crippen LogP contribution is -2.00. The fourth-order valence-corrected chi connectivity index (χ4v) is 8.77. The van der Waals surface area contributed by atoms with Crippen molar-refractivity contribution in [2.45, 2.75) is 0 Å². The molecule has 0 spiro atoms. The number of aromatic nitrogens is 4. The van der Waals surface area contributed by atoms with E-state index in [0.29, 0.717) is 17.5 Å². The number of furan rings is 1. The standard InChI is InChI=1S/C57H36N4O/c1-4-12-37(13-5-1)40-20-24-43(25-21-40)55-58-56(44-26-22-41(23-27-44)38-14-6-2-7-15-38)60-57(59-55)45-30-35-52-50(36-45)49-34-33-48-47-18-10-11-19-51(47)61(53(48)54(49)62-52)46-31-28-42(29-32-46)39-16-8-3-9-17-39/h1-36H. The highest BCUT2D eigenvalue weighted by Crippen LogP contribution is 2.41. The van der Waals surface area contributed by atoms with Crippen LogP contribution in [-0.4, -0.2) is 19.5 Å². The molecule has 0 aliphatic carbocycles. The Balaban J connectivity index is 1.000. The minimum absolute atomic E-state index is 0.592. The van der Waals surface area contributed by atoms with Crippen molar-refractivity contribution in [3.8, 4) is 73.2 Å². The van der Waals surface area contributed by atoms with Gasteiger partial charge in [0.2, 0.25) is 0 Å². The highest BCUT2D eigenvalue weighted by molar-refractivity contribution is 6.21. The van der Waals surface area contributed by atoms with Crippen molar-refractivity contribution in [2.24, 2.45) is 0 Å². The molecule has 290 valence electrons. The Hall–Kier alpha value is -8.41. The minimum atomic E-state index is 0.592. The molecular formula is C57H36N4O. The maximum Gasteiger partial charge on any atom is 0.164 e. The molecule has 0 radical (unpaired) electrons. The SMILES string of the molecule is c1ccc(-c2ccc(-c3nc(-c4ccc(-c5ccccc5)cc4)nc(-c4ccc5oc6c(ccc7c8ccccc8n(-c8ccc(-c9ccccc9)cc8)c76)c5c4)n3)cc2)cc1. The summed E-state index contributed by atoms with van der Waals surface area (Å²) in [6, 6.07) is 76.3. The first kappa shape index (κ1) is 35.5. The van der Waals surface area contributed by atoms with E-state index in [4.69, 9.17) is 19.4 Å². The maximum absolute atomic E-state index is 6.85. The molecule has 3 aromatic heterocycles. The Morgan fingerprint density at radius 3 is 1.27 bits per heavy atom. The molecule has 9 aromatic carbocycles. The first-order valence-electron chi connectivity index (χ1n) is 20.8. The van der Waals surface area contributed by atoms with Gasteiger partial charge in [-0.3, -0.25) is 0 Å². The van der Waals surface area contributed by atoms with Crippen LogP contribution >= 0.6 is 0 Å². The number of para-hydroxylation sites is 1. The van der Waals surface area contributed by atoms with Crippen molar-refractivity contribution in [1.82, 2.24) is 19.5 Å². The summed E-state index contributed by atoms with van der Waals surface area (Å²) in [7, 11) is 0. The van der Waals surface area contributed by atoms with Gasteiger partial charge < -0.3 is 8.98 Å². The molecule has 0 aliphatic rings. The van der Waals surface area contributed by atoms with Crippen molar-refractivity contribution in [1.29, 1.82) is 0 Å². The predicted molar refractivity (Wildman–Crippen MR) is 254 cm³/mol. The van der Waals surface area contributed by atoms with Gasteiger partial charge in [0.1, 0.15) is 5.58 Å². The summed E-state index contributed by atoms with van der Waals surface area (Å²) in [5.41, 5.74) is 14.5. The van der Waals surface area contributed by atoms with Crippen molar-refractivity contribution in [3.05, 3.63) is 218 Å². The summed E-state index contributed by atoms with van der Waals surface area (Å²) in [5, 5.41) is 4.35. The van der Waals surface area contributed by atoms with Gasteiger partial charge in [-0.25, -0.2) is 15.0 Å². The summed E-state index contributed by atoms with van der Waals surface area (Å²) in [5.74, 6) is 1.81. The molecular weight excluding hydrogens is 757 g/mol. The third-order valence-corrected chi connectivity index (χ3v) is 11.9. The van der Waals surface area contributed by atoms with E-state index in [1.807, 2.05) is 24.3 Å². The number of rotatable bonds is 7. The van der Waals surface area contributed by atoms with Gasteiger partial charge in [0, 0.05) is 43.9 Å². The Labute approximate surface area is 357 Å². The average Bonchev–Trinajstić information content (AvgIpc) is 3.90. The fourth-order valence-electron chi connectivity index (χ4n) is 8.77. The molecule has 0 aliphatic heterocycles. The van der Waals surface area contributed by atoms with Crippen LogP contribution < -0.4 is 0 Å². The topological polar surface area (TPSA) is 56.7 Å². The van der Waals surface area contributed by atoms with Crippen LogP contribution in [0.4, 0.5) is 0 Å². The number of nitrogens with zero attached hydrogens (tertiary/aromatic N) is 4. The summed E-state index contributed by atoms with van der Waals surface area (Å²) >= 11 is 0. The molecule has 0 amide bonds. The van der Waals surface area contributed by atoms with Crippen LogP contribution in [0.3, 0.4) is 0 Å². The van der Waals surface area contributed by atoms with Gasteiger partial charge in [0.05, 0.1) is 11.0 Å². The lowest BCUT2D eigenvalue weighted by atomic mass is 10.0. The molecule has 0 saturated heterocycles. The van der Waals surface area contributed by atoms with Gasteiger partial charge >= 0.3 is 0 Å². The second-order valence-electron chi connectivity index (χ2n) is 15.6. The van der Waals surface area contributed by atoms with Crippen molar-refractivity contribution in [2.75, 3.05) is 0 Å². The van der Waals surface area contributed by atoms with Gasteiger partial charge in [-0.05, 0) is 75.8 Å². The highest BCUT2D eigenvalue weighted by atomic mass is 16.3. The molecule has 12 aromatic rings. The van der Waals surface area contributed by atoms with Gasteiger partial charge in [-0.2, -0.15) is 0 Å². The molecule has 0 saturated carbocycles. The largest absolute Gasteiger partial charge is 0.454 e. The van der Waals surface area contributed by atoms with Gasteiger partial charge in [-0.15, -0.1) is 0 Å². The molecule has 5 nitrogen and oxygen atoms in total. The second-order valence-corrected chi connectivity index (χ2v) is 15.6. The summed E-state index contributed by atoms with van der Waals surface area (Å²) in [6.45, 7) is 0. The fraction of sp³-hybridized carbons (Fsp3) is 0. The highest BCUT2D eigenvalue weighted by Gasteiger charge is 2.20. The molecule has 0 atom stereocenters. The lowest BCUT2D eigenvalue weighted by Gasteiger charge is -2.10. The van der Waals surface area contributed by atoms with Crippen LogP contribution in [0.2, 0.25) is 0 Å². The van der Waals surface area contributed by atoms with Crippen LogP contribution in [0.1, 0.15) is 0 Å². The first-order valence-corrected chi connectivity index (χ1v) is 20.8. The normalized spacial score (nSPS) is 11.5. The summed E-state index contributed by atoms with van der Waals surface area (Å²) in [4.78, 5) is 15.4. The predicted octanol–water partition coefficient (Wildman–Crippen LogP) is 14.9. The van der Waals surface area contributed by atoms with E-state index in [1.165, 1.54) is 16.5 Å². The Bertz CT molecular complexity index is 3480. The smallest absolute Gasteiger partial charge is 0.164 e. The monoisotopic (exact) mass is 792 g/mol. The lowest BCUT2D eigenvalue weighted by molar-refractivity contribution is 0.671. The molecule has 0 fully saturated rings. The maximum atomic E-state index is 6.85. The van der Waals surface area contributed by atoms with Crippen molar-refractivity contribution >= 4 is 43.7 Å². The Kier molecular flexibility index (Phi) is 8.42. The van der Waals surface area contributed by atoms with Gasteiger partial charge in [0.25, 0.3) is 0 Å². The number of fused-ring (bicyclic) bond motifs is 7. The quantitative estimate of drug-likeness (QED) is 0.161. The third kappa shape index (κ3) is 6.14. The zero-order chi connectivity index (χ0) is 41.0. The van der Waals surface area contributed by atoms with E-state index in [9.17, 15) is 0 Å². The van der Waals surface area contributed by atoms with Crippen LogP contribution in [0.15, 0.2) is 223 Å². The van der Waals surface area contributed by atoms with E-state index in [-0.39, 0.29) is 0 Å². The molecule has 0 N–H and O–H groups in total. The summed E-state index contributed by atoms with van der Waals surface area (Å²) in [6.07, 6.45) is 0. The molecule has 0 bridgehead atoms. The molecule has 0 unspecified atom stereocenters. The number of hydrogen-bond acceptors (Lipinski definition) is 4. The van der Waals surface area contributed by atoms with E-state index in [0.717, 1.165) is 83.0 Å². The zero-order valence-electron chi connectivity index (χ0n) is 33.5. The van der Waals surface area contributed by atoms with Gasteiger partial charge in [0.15, 0.2) is 23.1 Å².